The summed E-state index contributed by atoms with van der Waals surface area (Å²) in [4.78, 5) is 6.67. The van der Waals surface area contributed by atoms with Gasteiger partial charge in [0.2, 0.25) is 5.88 Å². The van der Waals surface area contributed by atoms with Gasteiger partial charge in [-0.15, -0.1) is 0 Å². The lowest BCUT2D eigenvalue weighted by Gasteiger charge is -2.35. The van der Waals surface area contributed by atoms with Crippen LogP contribution < -0.4 is 10.2 Å². The van der Waals surface area contributed by atoms with Crippen LogP contribution in [0.2, 0.25) is 12.6 Å². The molecule has 1 aromatic rings. The minimum atomic E-state index is 0.388. The topological polar surface area (TPSA) is 25.4 Å². The molecule has 0 N–H and O–H groups in total. The van der Waals surface area contributed by atoms with Gasteiger partial charge in [0.1, 0.15) is 0 Å². The molecular weight excluding hydrogens is 271 g/mol. The van der Waals surface area contributed by atoms with E-state index >= 15 is 0 Å². The highest BCUT2D eigenvalue weighted by atomic mass is 16.5. The first kappa shape index (κ1) is 17.3. The third-order valence-corrected chi connectivity index (χ3v) is 5.58. The average molecular weight is 302 g/mol. The number of hydrogen-bond acceptors (Lipinski definition) is 3. The van der Waals surface area contributed by atoms with Crippen LogP contribution in [0.15, 0.2) is 18.3 Å². The Balaban J connectivity index is 1.90. The maximum Gasteiger partial charge on any atom is 0.213 e. The van der Waals surface area contributed by atoms with Crippen LogP contribution >= 0.6 is 0 Å². The molecule has 1 aliphatic heterocycles. The Morgan fingerprint density at radius 2 is 1.77 bits per heavy atom. The van der Waals surface area contributed by atoms with Gasteiger partial charge in [-0.3, -0.25) is 0 Å². The van der Waals surface area contributed by atoms with Gasteiger partial charge >= 0.3 is 0 Å². The van der Waals surface area contributed by atoms with Crippen molar-refractivity contribution in [3.05, 3.63) is 18.3 Å². The lowest BCUT2D eigenvalue weighted by Crippen LogP contribution is -2.28. The van der Waals surface area contributed by atoms with E-state index in [-0.39, 0.29) is 0 Å². The van der Waals surface area contributed by atoms with E-state index in [0.29, 0.717) is 17.5 Å². The fraction of sp³-hybridized carbons (Fsp3) is 0.722. The normalized spacial score (nSPS) is 19.7. The van der Waals surface area contributed by atoms with E-state index < -0.39 is 0 Å². The molecule has 3 nitrogen and oxygen atoms in total. The molecule has 22 heavy (non-hydrogen) atoms. The minimum absolute atomic E-state index is 0.388. The maximum absolute atomic E-state index is 5.72. The highest BCUT2D eigenvalue weighted by Gasteiger charge is 2.48. The molecule has 1 aliphatic rings. The quantitative estimate of drug-likeness (QED) is 0.596. The predicted octanol–water partition coefficient (Wildman–Crippen LogP) is 3.18. The second-order valence-electron chi connectivity index (χ2n) is 8.31. The molecule has 0 amide bonds. The molecule has 1 aromatic heterocycles. The molecular formula is C18H31BN2O. The van der Waals surface area contributed by atoms with Crippen LogP contribution in [0.5, 0.6) is 5.88 Å². The Bertz CT molecular complexity index is 466. The smallest absolute Gasteiger partial charge is 0.213 e. The van der Waals surface area contributed by atoms with E-state index in [4.69, 9.17) is 4.74 Å². The number of ether oxygens (including phenoxy) is 1. The molecule has 2 rings (SSSR count). The first-order chi connectivity index (χ1) is 10.2. The van der Waals surface area contributed by atoms with Gasteiger partial charge in [0.25, 0.3) is 0 Å². The van der Waals surface area contributed by atoms with Gasteiger partial charge in [0, 0.05) is 12.7 Å². The molecule has 0 atom stereocenters. The van der Waals surface area contributed by atoms with Crippen molar-refractivity contribution in [3.63, 3.8) is 0 Å². The standard InChI is InChI=1S/C18H31BN2O/c1-17(2)13-19(14-18(17,3)4)15-8-9-16(20-12-15)22-11-7-10-21(5)6/h8-9,12H,7,10-11,13-14H2,1-6H3. The van der Waals surface area contributed by atoms with Crippen molar-refractivity contribution in [2.75, 3.05) is 27.2 Å². The molecule has 0 aromatic carbocycles. The Labute approximate surface area is 136 Å². The molecule has 4 heteroatoms. The first-order valence-corrected chi connectivity index (χ1v) is 8.45. The molecule has 0 spiro atoms. The second kappa shape index (κ2) is 6.61. The highest BCUT2D eigenvalue weighted by molar-refractivity contribution is 6.74. The zero-order valence-corrected chi connectivity index (χ0v) is 15.1. The van der Waals surface area contributed by atoms with E-state index in [1.54, 1.807) is 0 Å². The van der Waals surface area contributed by atoms with Crippen LogP contribution in [0.4, 0.5) is 0 Å². The molecule has 122 valence electrons. The third-order valence-electron chi connectivity index (χ3n) is 5.58. The number of rotatable bonds is 6. The van der Waals surface area contributed by atoms with E-state index in [1.165, 1.54) is 18.1 Å². The van der Waals surface area contributed by atoms with Crippen LogP contribution in [0, 0.1) is 10.8 Å². The van der Waals surface area contributed by atoms with Crippen molar-refractivity contribution >= 4 is 12.2 Å². The summed E-state index contributed by atoms with van der Waals surface area (Å²) in [6.07, 6.45) is 5.53. The predicted molar refractivity (Wildman–Crippen MR) is 95.5 cm³/mol. The summed E-state index contributed by atoms with van der Waals surface area (Å²) < 4.78 is 5.72. The van der Waals surface area contributed by atoms with E-state index in [2.05, 4.69) is 57.7 Å². The SMILES string of the molecule is CN(C)CCCOc1ccc(B2CC(C)(C)C(C)(C)C2)cn1. The van der Waals surface area contributed by atoms with Crippen molar-refractivity contribution in [1.29, 1.82) is 0 Å². The second-order valence-corrected chi connectivity index (χ2v) is 8.31. The molecule has 1 saturated heterocycles. The van der Waals surface area contributed by atoms with Crippen molar-refractivity contribution in [3.8, 4) is 5.88 Å². The average Bonchev–Trinajstić information content (AvgIpc) is 2.64. The van der Waals surface area contributed by atoms with Crippen LogP contribution in [0.1, 0.15) is 34.1 Å². The summed E-state index contributed by atoms with van der Waals surface area (Å²) in [6.45, 7) is 12.0. The molecule has 2 heterocycles. The van der Waals surface area contributed by atoms with Gasteiger partial charge in [-0.1, -0.05) is 51.9 Å². The van der Waals surface area contributed by atoms with Gasteiger partial charge in [0.05, 0.1) is 6.61 Å². The molecule has 0 bridgehead atoms. The van der Waals surface area contributed by atoms with Gasteiger partial charge < -0.3 is 9.64 Å². The maximum atomic E-state index is 5.72. The summed E-state index contributed by atoms with van der Waals surface area (Å²) in [7, 11) is 4.16. The van der Waals surface area contributed by atoms with Crippen molar-refractivity contribution in [2.24, 2.45) is 10.8 Å². The molecule has 0 aliphatic carbocycles. The van der Waals surface area contributed by atoms with Gasteiger partial charge in [-0.05, 0) is 37.4 Å². The summed E-state index contributed by atoms with van der Waals surface area (Å²) >= 11 is 0. The lowest BCUT2D eigenvalue weighted by molar-refractivity contribution is 0.177. The summed E-state index contributed by atoms with van der Waals surface area (Å²) in [6, 6.07) is 4.24. The third kappa shape index (κ3) is 4.04. The van der Waals surface area contributed by atoms with Crippen molar-refractivity contribution in [2.45, 2.75) is 46.8 Å². The number of pyridine rings is 1. The zero-order chi connectivity index (χ0) is 16.4. The van der Waals surface area contributed by atoms with E-state index in [0.717, 1.165) is 25.5 Å². The number of aromatic nitrogens is 1. The molecule has 1 fully saturated rings. The van der Waals surface area contributed by atoms with Gasteiger partial charge in [-0.25, -0.2) is 4.98 Å². The first-order valence-electron chi connectivity index (χ1n) is 8.45. The highest BCUT2D eigenvalue weighted by Crippen LogP contribution is 2.52. The Morgan fingerprint density at radius 3 is 2.27 bits per heavy atom. The summed E-state index contributed by atoms with van der Waals surface area (Å²) in [5.41, 5.74) is 2.14. The Hall–Kier alpha value is -1.03. The molecule has 0 radical (unpaired) electrons. The van der Waals surface area contributed by atoms with Gasteiger partial charge in [0.15, 0.2) is 6.71 Å². The van der Waals surface area contributed by atoms with Crippen LogP contribution in [0.3, 0.4) is 0 Å². The summed E-state index contributed by atoms with van der Waals surface area (Å²) in [5.74, 6) is 0.749. The van der Waals surface area contributed by atoms with Crippen molar-refractivity contribution in [1.82, 2.24) is 9.88 Å². The Morgan fingerprint density at radius 1 is 1.14 bits per heavy atom. The van der Waals surface area contributed by atoms with Crippen LogP contribution in [-0.2, 0) is 0 Å². The molecule has 0 unspecified atom stereocenters. The minimum Gasteiger partial charge on any atom is -0.478 e. The van der Waals surface area contributed by atoms with Gasteiger partial charge in [-0.2, -0.15) is 0 Å². The van der Waals surface area contributed by atoms with Crippen LogP contribution in [-0.4, -0.2) is 43.8 Å². The number of hydrogen-bond donors (Lipinski definition) is 0. The zero-order valence-electron chi connectivity index (χ0n) is 15.1. The van der Waals surface area contributed by atoms with E-state index in [1.807, 2.05) is 12.3 Å². The number of nitrogens with zero attached hydrogens (tertiary/aromatic N) is 2. The fourth-order valence-corrected chi connectivity index (χ4v) is 3.37. The molecule has 0 saturated carbocycles. The van der Waals surface area contributed by atoms with E-state index in [9.17, 15) is 0 Å². The van der Waals surface area contributed by atoms with Crippen molar-refractivity contribution < 1.29 is 4.74 Å². The summed E-state index contributed by atoms with van der Waals surface area (Å²) in [5, 5.41) is 0. The Kier molecular flexibility index (Phi) is 5.21. The van der Waals surface area contributed by atoms with Crippen LogP contribution in [0.25, 0.3) is 0 Å². The monoisotopic (exact) mass is 302 g/mol. The lowest BCUT2D eigenvalue weighted by atomic mass is 9.42. The largest absolute Gasteiger partial charge is 0.478 e. The fourth-order valence-electron chi connectivity index (χ4n) is 3.37.